The lowest BCUT2D eigenvalue weighted by atomic mass is 10.1. The second kappa shape index (κ2) is 5.13. The van der Waals surface area contributed by atoms with E-state index in [0.29, 0.717) is 16.8 Å². The highest BCUT2D eigenvalue weighted by atomic mass is 16.2. The van der Waals surface area contributed by atoms with E-state index >= 15 is 0 Å². The summed E-state index contributed by atoms with van der Waals surface area (Å²) < 4.78 is 0. The average molecular weight is 279 g/mol. The molecule has 0 atom stereocenters. The van der Waals surface area contributed by atoms with E-state index in [4.69, 9.17) is 5.73 Å². The van der Waals surface area contributed by atoms with Gasteiger partial charge in [-0.25, -0.2) is 0 Å². The summed E-state index contributed by atoms with van der Waals surface area (Å²) in [6, 6.07) is 13.9. The van der Waals surface area contributed by atoms with Gasteiger partial charge in [-0.3, -0.25) is 9.59 Å². The molecule has 0 bridgehead atoms. The minimum Gasteiger partial charge on any atom is -0.366 e. The lowest BCUT2D eigenvalue weighted by Crippen LogP contribution is -2.14. The molecule has 1 heterocycles. The molecule has 2 amide bonds. The van der Waals surface area contributed by atoms with E-state index in [9.17, 15) is 9.59 Å². The third kappa shape index (κ3) is 2.62. The average Bonchev–Trinajstić information content (AvgIpc) is 2.94. The molecule has 0 saturated heterocycles. The first-order valence-electron chi connectivity index (χ1n) is 6.42. The molecule has 0 aliphatic heterocycles. The van der Waals surface area contributed by atoms with Crippen LogP contribution in [0, 0.1) is 0 Å². The van der Waals surface area contributed by atoms with Crippen LogP contribution in [0.2, 0.25) is 0 Å². The quantitative estimate of drug-likeness (QED) is 0.687. The number of fused-ring (bicyclic) bond motifs is 1. The number of amides is 2. The first-order chi connectivity index (χ1) is 10.1. The van der Waals surface area contributed by atoms with Crippen LogP contribution in [0.25, 0.3) is 10.9 Å². The molecular weight excluding hydrogens is 266 g/mol. The molecule has 3 aromatic rings. The second-order valence-corrected chi connectivity index (χ2v) is 4.68. The number of hydrogen-bond donors (Lipinski definition) is 3. The lowest BCUT2D eigenvalue weighted by molar-refractivity contribution is 0.0996. The van der Waals surface area contributed by atoms with Crippen molar-refractivity contribution in [2.24, 2.45) is 5.73 Å². The summed E-state index contributed by atoms with van der Waals surface area (Å²) in [6.45, 7) is 0. The SMILES string of the molecule is NC(=O)c1cccc(NC(=O)c2ccc3cc[nH]c3c2)c1. The molecule has 104 valence electrons. The summed E-state index contributed by atoms with van der Waals surface area (Å²) in [5.41, 5.74) is 7.54. The van der Waals surface area contributed by atoms with Gasteiger partial charge in [-0.05, 0) is 41.8 Å². The van der Waals surface area contributed by atoms with E-state index in [1.807, 2.05) is 18.3 Å². The van der Waals surface area contributed by atoms with E-state index in [2.05, 4.69) is 10.3 Å². The summed E-state index contributed by atoms with van der Waals surface area (Å²) >= 11 is 0. The molecule has 0 unspecified atom stereocenters. The van der Waals surface area contributed by atoms with Crippen LogP contribution in [0.1, 0.15) is 20.7 Å². The van der Waals surface area contributed by atoms with Gasteiger partial charge in [0.25, 0.3) is 5.91 Å². The van der Waals surface area contributed by atoms with Gasteiger partial charge >= 0.3 is 0 Å². The van der Waals surface area contributed by atoms with Gasteiger partial charge in [-0.2, -0.15) is 0 Å². The normalized spacial score (nSPS) is 10.5. The smallest absolute Gasteiger partial charge is 0.255 e. The minimum absolute atomic E-state index is 0.242. The van der Waals surface area contributed by atoms with Crippen molar-refractivity contribution in [3.8, 4) is 0 Å². The highest BCUT2D eigenvalue weighted by Crippen LogP contribution is 2.16. The van der Waals surface area contributed by atoms with Crippen LogP contribution in [0.15, 0.2) is 54.7 Å². The minimum atomic E-state index is -0.529. The monoisotopic (exact) mass is 279 g/mol. The highest BCUT2D eigenvalue weighted by molar-refractivity contribution is 6.06. The van der Waals surface area contributed by atoms with E-state index in [0.717, 1.165) is 10.9 Å². The zero-order valence-electron chi connectivity index (χ0n) is 11.1. The maximum atomic E-state index is 12.2. The Morgan fingerprint density at radius 2 is 1.86 bits per heavy atom. The number of carbonyl (C=O) groups is 2. The van der Waals surface area contributed by atoms with Crippen molar-refractivity contribution in [3.63, 3.8) is 0 Å². The van der Waals surface area contributed by atoms with Crippen LogP contribution in [-0.4, -0.2) is 16.8 Å². The van der Waals surface area contributed by atoms with E-state index in [1.54, 1.807) is 36.4 Å². The summed E-state index contributed by atoms with van der Waals surface area (Å²) in [5, 5.41) is 3.79. The number of hydrogen-bond acceptors (Lipinski definition) is 2. The summed E-state index contributed by atoms with van der Waals surface area (Å²) in [7, 11) is 0. The van der Waals surface area contributed by atoms with Gasteiger partial charge in [-0.1, -0.05) is 12.1 Å². The number of H-pyrrole nitrogens is 1. The van der Waals surface area contributed by atoms with E-state index < -0.39 is 5.91 Å². The fourth-order valence-electron chi connectivity index (χ4n) is 2.14. The number of primary amides is 1. The number of benzene rings is 2. The molecule has 0 fully saturated rings. The van der Waals surface area contributed by atoms with Crippen LogP contribution >= 0.6 is 0 Å². The fraction of sp³-hybridized carbons (Fsp3) is 0. The Morgan fingerprint density at radius 3 is 2.67 bits per heavy atom. The van der Waals surface area contributed by atoms with Gasteiger partial charge in [0.1, 0.15) is 0 Å². The molecule has 21 heavy (non-hydrogen) atoms. The first-order valence-corrected chi connectivity index (χ1v) is 6.42. The molecule has 0 saturated carbocycles. The molecule has 2 aromatic carbocycles. The molecule has 0 aliphatic carbocycles. The summed E-state index contributed by atoms with van der Waals surface area (Å²) in [5.74, 6) is -0.771. The largest absolute Gasteiger partial charge is 0.366 e. The van der Waals surface area contributed by atoms with Crippen LogP contribution in [-0.2, 0) is 0 Å². The molecular formula is C16H13N3O2. The van der Waals surface area contributed by atoms with Crippen LogP contribution in [0.4, 0.5) is 5.69 Å². The van der Waals surface area contributed by atoms with E-state index in [1.165, 1.54) is 0 Å². The van der Waals surface area contributed by atoms with Crippen molar-refractivity contribution >= 4 is 28.4 Å². The number of aromatic amines is 1. The van der Waals surface area contributed by atoms with Crippen LogP contribution in [0.3, 0.4) is 0 Å². The van der Waals surface area contributed by atoms with Crippen molar-refractivity contribution in [1.82, 2.24) is 4.98 Å². The van der Waals surface area contributed by atoms with Crippen molar-refractivity contribution in [3.05, 3.63) is 65.9 Å². The highest BCUT2D eigenvalue weighted by Gasteiger charge is 2.08. The molecule has 3 rings (SSSR count). The Hall–Kier alpha value is -3.08. The van der Waals surface area contributed by atoms with E-state index in [-0.39, 0.29) is 5.91 Å². The molecule has 0 aliphatic rings. The Labute approximate surface area is 120 Å². The summed E-state index contributed by atoms with van der Waals surface area (Å²) in [4.78, 5) is 26.4. The van der Waals surface area contributed by atoms with Crippen LogP contribution in [0.5, 0.6) is 0 Å². The number of carbonyl (C=O) groups excluding carboxylic acids is 2. The van der Waals surface area contributed by atoms with Crippen molar-refractivity contribution in [2.45, 2.75) is 0 Å². The van der Waals surface area contributed by atoms with Gasteiger partial charge in [0, 0.05) is 28.5 Å². The van der Waals surface area contributed by atoms with Crippen molar-refractivity contribution in [1.29, 1.82) is 0 Å². The molecule has 5 heteroatoms. The number of nitrogens with two attached hydrogens (primary N) is 1. The Morgan fingerprint density at radius 1 is 1.00 bits per heavy atom. The second-order valence-electron chi connectivity index (χ2n) is 4.68. The first kappa shape index (κ1) is 12.9. The topological polar surface area (TPSA) is 88.0 Å². The summed E-state index contributed by atoms with van der Waals surface area (Å²) in [6.07, 6.45) is 1.82. The number of nitrogens with one attached hydrogen (secondary N) is 2. The van der Waals surface area contributed by atoms with Gasteiger partial charge < -0.3 is 16.0 Å². The zero-order chi connectivity index (χ0) is 14.8. The molecule has 5 nitrogen and oxygen atoms in total. The van der Waals surface area contributed by atoms with Crippen LogP contribution < -0.4 is 11.1 Å². The Balaban J connectivity index is 1.85. The van der Waals surface area contributed by atoms with Crippen molar-refractivity contribution in [2.75, 3.05) is 5.32 Å². The molecule has 0 radical (unpaired) electrons. The number of rotatable bonds is 3. The van der Waals surface area contributed by atoms with Gasteiger partial charge in [0.2, 0.25) is 5.91 Å². The molecule has 1 aromatic heterocycles. The Kier molecular flexibility index (Phi) is 3.16. The van der Waals surface area contributed by atoms with Gasteiger partial charge in [0.15, 0.2) is 0 Å². The number of anilines is 1. The third-order valence-corrected chi connectivity index (χ3v) is 3.22. The predicted octanol–water partition coefficient (Wildman–Crippen LogP) is 2.52. The van der Waals surface area contributed by atoms with Gasteiger partial charge in [0.05, 0.1) is 0 Å². The van der Waals surface area contributed by atoms with Crippen molar-refractivity contribution < 1.29 is 9.59 Å². The fourth-order valence-corrected chi connectivity index (χ4v) is 2.14. The Bertz CT molecular complexity index is 836. The standard InChI is InChI=1S/C16H13N3O2/c17-15(20)11-2-1-3-13(8-11)19-16(21)12-5-4-10-6-7-18-14(10)9-12/h1-9,18H,(H2,17,20)(H,19,21). The third-order valence-electron chi connectivity index (χ3n) is 3.22. The number of aromatic nitrogens is 1. The maximum Gasteiger partial charge on any atom is 0.255 e. The lowest BCUT2D eigenvalue weighted by Gasteiger charge is -2.06. The predicted molar refractivity (Wildman–Crippen MR) is 81.2 cm³/mol. The molecule has 4 N–H and O–H groups in total. The molecule has 0 spiro atoms. The van der Waals surface area contributed by atoms with Gasteiger partial charge in [-0.15, -0.1) is 0 Å². The maximum absolute atomic E-state index is 12.2. The zero-order valence-corrected chi connectivity index (χ0v) is 11.1.